The fraction of sp³-hybridized carbons (Fsp3) is 0.818. The van der Waals surface area contributed by atoms with Crippen LogP contribution in [0.3, 0.4) is 0 Å². The predicted octanol–water partition coefficient (Wildman–Crippen LogP) is 1.12. The van der Waals surface area contributed by atoms with Crippen LogP contribution in [0.1, 0.15) is 37.5 Å². The van der Waals surface area contributed by atoms with Crippen molar-refractivity contribution in [2.75, 3.05) is 26.7 Å². The van der Waals surface area contributed by atoms with E-state index in [2.05, 4.69) is 34.3 Å². The zero-order valence-electron chi connectivity index (χ0n) is 10.3. The van der Waals surface area contributed by atoms with Gasteiger partial charge in [-0.1, -0.05) is 12.1 Å². The molecular formula is C11H19ClN4O. The standard InChI is InChI=1S/C11H18N4O.ClH/c1-11(3-4-11)10-13-9(14-16-10)8-7-12-5-6-15(8)2;/h8,12H,3-7H2,1-2H3;1H. The molecule has 1 N–H and O–H groups in total. The largest absolute Gasteiger partial charge is 0.339 e. The predicted molar refractivity (Wildman–Crippen MR) is 66.4 cm³/mol. The summed E-state index contributed by atoms with van der Waals surface area (Å²) in [5.41, 5.74) is 0.173. The molecule has 17 heavy (non-hydrogen) atoms. The van der Waals surface area contributed by atoms with E-state index in [1.807, 2.05) is 0 Å². The molecule has 1 aromatic rings. The minimum Gasteiger partial charge on any atom is -0.339 e. The molecular weight excluding hydrogens is 240 g/mol. The van der Waals surface area contributed by atoms with Crippen LogP contribution in [-0.2, 0) is 5.41 Å². The Morgan fingerprint density at radius 3 is 2.88 bits per heavy atom. The number of hydrogen-bond acceptors (Lipinski definition) is 5. The minimum absolute atomic E-state index is 0. The first-order valence-corrected chi connectivity index (χ1v) is 5.94. The molecule has 0 aromatic carbocycles. The normalized spacial score (nSPS) is 27.5. The maximum atomic E-state index is 5.38. The molecule has 2 heterocycles. The third-order valence-electron chi connectivity index (χ3n) is 3.77. The zero-order chi connectivity index (χ0) is 11.2. The van der Waals surface area contributed by atoms with Crippen molar-refractivity contribution in [1.82, 2.24) is 20.4 Å². The maximum Gasteiger partial charge on any atom is 0.232 e. The second-order valence-corrected chi connectivity index (χ2v) is 5.22. The van der Waals surface area contributed by atoms with E-state index in [-0.39, 0.29) is 23.9 Å². The van der Waals surface area contributed by atoms with E-state index in [4.69, 9.17) is 4.52 Å². The van der Waals surface area contributed by atoms with E-state index in [9.17, 15) is 0 Å². The molecule has 96 valence electrons. The van der Waals surface area contributed by atoms with Crippen molar-refractivity contribution in [2.24, 2.45) is 0 Å². The van der Waals surface area contributed by atoms with Gasteiger partial charge in [0.15, 0.2) is 5.82 Å². The number of hydrogen-bond donors (Lipinski definition) is 1. The summed E-state index contributed by atoms with van der Waals surface area (Å²) < 4.78 is 5.38. The quantitative estimate of drug-likeness (QED) is 0.862. The molecule has 0 bridgehead atoms. The summed E-state index contributed by atoms with van der Waals surface area (Å²) in [6.45, 7) is 5.17. The van der Waals surface area contributed by atoms with Gasteiger partial charge in [-0.2, -0.15) is 4.98 Å². The summed E-state index contributed by atoms with van der Waals surface area (Å²) in [5.74, 6) is 1.65. The van der Waals surface area contributed by atoms with Crippen LogP contribution in [0.25, 0.3) is 0 Å². The van der Waals surface area contributed by atoms with Gasteiger partial charge in [0.25, 0.3) is 0 Å². The summed E-state index contributed by atoms with van der Waals surface area (Å²) >= 11 is 0. The smallest absolute Gasteiger partial charge is 0.232 e. The first-order valence-electron chi connectivity index (χ1n) is 5.94. The molecule has 3 rings (SSSR count). The summed E-state index contributed by atoms with van der Waals surface area (Å²) in [5, 5.41) is 7.49. The average Bonchev–Trinajstić information content (AvgIpc) is 2.84. The SMILES string of the molecule is CN1CCNCC1c1noc(C2(C)CC2)n1.Cl. The Balaban J connectivity index is 0.00000108. The summed E-state index contributed by atoms with van der Waals surface area (Å²) in [6.07, 6.45) is 2.35. The van der Waals surface area contributed by atoms with Crippen LogP contribution in [0.4, 0.5) is 0 Å². The summed E-state index contributed by atoms with van der Waals surface area (Å²) in [4.78, 5) is 6.84. The van der Waals surface area contributed by atoms with Gasteiger partial charge in [-0.05, 0) is 19.9 Å². The second-order valence-electron chi connectivity index (χ2n) is 5.22. The fourth-order valence-corrected chi connectivity index (χ4v) is 2.11. The Morgan fingerprint density at radius 1 is 1.47 bits per heavy atom. The highest BCUT2D eigenvalue weighted by molar-refractivity contribution is 5.85. The van der Waals surface area contributed by atoms with Gasteiger partial charge in [-0.25, -0.2) is 0 Å². The molecule has 1 aliphatic carbocycles. The van der Waals surface area contributed by atoms with E-state index in [1.165, 1.54) is 12.8 Å². The van der Waals surface area contributed by atoms with Crippen LogP contribution in [0.2, 0.25) is 0 Å². The Kier molecular flexibility index (Phi) is 3.43. The lowest BCUT2D eigenvalue weighted by Crippen LogP contribution is -2.44. The third-order valence-corrected chi connectivity index (χ3v) is 3.77. The Hall–Kier alpha value is -0.650. The van der Waals surface area contributed by atoms with E-state index < -0.39 is 0 Å². The first-order chi connectivity index (χ1) is 7.69. The summed E-state index contributed by atoms with van der Waals surface area (Å²) in [6, 6.07) is 0.258. The highest BCUT2D eigenvalue weighted by Crippen LogP contribution is 2.46. The maximum absolute atomic E-state index is 5.38. The molecule has 1 aliphatic heterocycles. The molecule has 0 amide bonds. The van der Waals surface area contributed by atoms with Crippen molar-refractivity contribution in [3.05, 3.63) is 11.7 Å². The number of halogens is 1. The molecule has 0 radical (unpaired) electrons. The van der Waals surface area contributed by atoms with Crippen LogP contribution in [0.5, 0.6) is 0 Å². The minimum atomic E-state index is 0. The monoisotopic (exact) mass is 258 g/mol. The van der Waals surface area contributed by atoms with Crippen molar-refractivity contribution in [3.63, 3.8) is 0 Å². The zero-order valence-corrected chi connectivity index (χ0v) is 11.1. The molecule has 1 aromatic heterocycles. The van der Waals surface area contributed by atoms with Gasteiger partial charge in [0.05, 0.1) is 6.04 Å². The molecule has 1 saturated heterocycles. The molecule has 0 spiro atoms. The van der Waals surface area contributed by atoms with E-state index in [0.29, 0.717) is 0 Å². The van der Waals surface area contributed by atoms with Crippen molar-refractivity contribution >= 4 is 12.4 Å². The van der Waals surface area contributed by atoms with Gasteiger partial charge >= 0.3 is 0 Å². The molecule has 1 saturated carbocycles. The summed E-state index contributed by atoms with van der Waals surface area (Å²) in [7, 11) is 2.11. The van der Waals surface area contributed by atoms with Gasteiger partial charge in [-0.15, -0.1) is 12.4 Å². The van der Waals surface area contributed by atoms with Crippen molar-refractivity contribution in [2.45, 2.75) is 31.2 Å². The van der Waals surface area contributed by atoms with Crippen LogP contribution >= 0.6 is 12.4 Å². The third kappa shape index (κ3) is 2.32. The highest BCUT2D eigenvalue weighted by Gasteiger charge is 2.45. The fourth-order valence-electron chi connectivity index (χ4n) is 2.11. The van der Waals surface area contributed by atoms with Crippen LogP contribution in [0.15, 0.2) is 4.52 Å². The van der Waals surface area contributed by atoms with Gasteiger partial charge in [0.1, 0.15) is 0 Å². The Morgan fingerprint density at radius 2 is 2.24 bits per heavy atom. The Labute approximate surface area is 107 Å². The van der Waals surface area contributed by atoms with Gasteiger partial charge in [0.2, 0.25) is 5.89 Å². The lowest BCUT2D eigenvalue weighted by molar-refractivity contribution is 0.190. The van der Waals surface area contributed by atoms with Crippen molar-refractivity contribution in [3.8, 4) is 0 Å². The average molecular weight is 259 g/mol. The first kappa shape index (κ1) is 12.8. The topological polar surface area (TPSA) is 54.2 Å². The number of nitrogens with zero attached hydrogens (tertiary/aromatic N) is 3. The number of likely N-dealkylation sites (N-methyl/N-ethyl adjacent to an activating group) is 1. The van der Waals surface area contributed by atoms with Crippen molar-refractivity contribution < 1.29 is 4.52 Å². The van der Waals surface area contributed by atoms with Crippen LogP contribution in [0, 0.1) is 0 Å². The van der Waals surface area contributed by atoms with Crippen molar-refractivity contribution in [1.29, 1.82) is 0 Å². The number of aromatic nitrogens is 2. The molecule has 2 aliphatic rings. The van der Waals surface area contributed by atoms with E-state index in [1.54, 1.807) is 0 Å². The van der Waals surface area contributed by atoms with Gasteiger partial charge in [-0.3, -0.25) is 4.90 Å². The molecule has 1 atom stereocenters. The number of rotatable bonds is 2. The number of nitrogens with one attached hydrogen (secondary N) is 1. The Bertz CT molecular complexity index is 391. The van der Waals surface area contributed by atoms with E-state index in [0.717, 1.165) is 31.3 Å². The molecule has 1 unspecified atom stereocenters. The van der Waals surface area contributed by atoms with E-state index >= 15 is 0 Å². The van der Waals surface area contributed by atoms with Crippen LogP contribution < -0.4 is 5.32 Å². The number of piperazine rings is 1. The lowest BCUT2D eigenvalue weighted by atomic mass is 10.1. The molecule has 2 fully saturated rings. The van der Waals surface area contributed by atoms with Gasteiger partial charge < -0.3 is 9.84 Å². The molecule has 6 heteroatoms. The second kappa shape index (κ2) is 4.55. The highest BCUT2D eigenvalue weighted by atomic mass is 35.5. The molecule has 5 nitrogen and oxygen atoms in total. The van der Waals surface area contributed by atoms with Crippen LogP contribution in [-0.4, -0.2) is 41.7 Å². The van der Waals surface area contributed by atoms with Gasteiger partial charge in [0, 0.05) is 25.0 Å². The lowest BCUT2D eigenvalue weighted by Gasteiger charge is -2.30.